The van der Waals surface area contributed by atoms with E-state index in [0.717, 1.165) is 12.1 Å². The van der Waals surface area contributed by atoms with Gasteiger partial charge < -0.3 is 0 Å². The van der Waals surface area contributed by atoms with Crippen molar-refractivity contribution >= 4 is 0 Å². The van der Waals surface area contributed by atoms with Crippen LogP contribution in [0.4, 0.5) is 13.2 Å². The lowest BCUT2D eigenvalue weighted by Gasteiger charge is -2.15. The lowest BCUT2D eigenvalue weighted by molar-refractivity contribution is -0.137. The molecule has 0 heterocycles. The van der Waals surface area contributed by atoms with Gasteiger partial charge in [0.05, 0.1) is 11.6 Å². The zero-order valence-corrected chi connectivity index (χ0v) is 9.55. The van der Waals surface area contributed by atoms with Crippen molar-refractivity contribution < 1.29 is 13.2 Å². The van der Waals surface area contributed by atoms with E-state index in [1.165, 1.54) is 12.1 Å². The van der Waals surface area contributed by atoms with E-state index in [2.05, 4.69) is 5.32 Å². The van der Waals surface area contributed by atoms with Crippen molar-refractivity contribution in [2.45, 2.75) is 32.1 Å². The zero-order valence-electron chi connectivity index (χ0n) is 9.55. The van der Waals surface area contributed by atoms with E-state index in [1.807, 2.05) is 19.9 Å². The second-order valence-electron chi connectivity index (χ2n) is 4.00. The Kier molecular flexibility index (Phi) is 4.13. The molecule has 0 spiro atoms. The van der Waals surface area contributed by atoms with Crippen LogP contribution in [0, 0.1) is 11.3 Å². The van der Waals surface area contributed by atoms with E-state index in [1.54, 1.807) is 0 Å². The van der Waals surface area contributed by atoms with Gasteiger partial charge in [-0.05, 0) is 31.5 Å². The minimum absolute atomic E-state index is 0.0851. The number of nitrogens with one attached hydrogen (secondary N) is 1. The van der Waals surface area contributed by atoms with Crippen molar-refractivity contribution in [3.8, 4) is 6.07 Å². The highest BCUT2D eigenvalue weighted by molar-refractivity contribution is 5.29. The van der Waals surface area contributed by atoms with E-state index >= 15 is 0 Å². The lowest BCUT2D eigenvalue weighted by Crippen LogP contribution is -2.27. The molecule has 0 fully saturated rings. The first kappa shape index (κ1) is 13.5. The van der Waals surface area contributed by atoms with Crippen LogP contribution >= 0.6 is 0 Å². The molecular formula is C12H13F3N2. The topological polar surface area (TPSA) is 35.8 Å². The van der Waals surface area contributed by atoms with Gasteiger partial charge in [-0.2, -0.15) is 18.4 Å². The minimum Gasteiger partial charge on any atom is -0.296 e. The van der Waals surface area contributed by atoms with E-state index < -0.39 is 17.8 Å². The Morgan fingerprint density at radius 1 is 1.18 bits per heavy atom. The van der Waals surface area contributed by atoms with Crippen LogP contribution in [0.25, 0.3) is 0 Å². The molecule has 1 unspecified atom stereocenters. The smallest absolute Gasteiger partial charge is 0.296 e. The maximum absolute atomic E-state index is 12.3. The molecule has 92 valence electrons. The molecule has 2 nitrogen and oxygen atoms in total. The summed E-state index contributed by atoms with van der Waals surface area (Å²) in [7, 11) is 0. The maximum Gasteiger partial charge on any atom is 0.416 e. The van der Waals surface area contributed by atoms with E-state index in [9.17, 15) is 13.2 Å². The number of hydrogen-bond acceptors (Lipinski definition) is 2. The highest BCUT2D eigenvalue weighted by atomic mass is 19.4. The van der Waals surface area contributed by atoms with Crippen molar-refractivity contribution in [2.75, 3.05) is 0 Å². The minimum atomic E-state index is -4.34. The van der Waals surface area contributed by atoms with Crippen LogP contribution in [-0.4, -0.2) is 6.04 Å². The summed E-state index contributed by atoms with van der Waals surface area (Å²) in [6.07, 6.45) is -4.34. The summed E-state index contributed by atoms with van der Waals surface area (Å²) in [5.74, 6) is 0. The predicted molar refractivity (Wildman–Crippen MR) is 58.1 cm³/mol. The monoisotopic (exact) mass is 242 g/mol. The van der Waals surface area contributed by atoms with Crippen LogP contribution < -0.4 is 5.32 Å². The van der Waals surface area contributed by atoms with Crippen molar-refractivity contribution in [3.63, 3.8) is 0 Å². The van der Waals surface area contributed by atoms with Gasteiger partial charge in [0.15, 0.2) is 0 Å². The molecule has 1 atom stereocenters. The Bertz CT molecular complexity index is 401. The molecule has 0 aliphatic rings. The summed E-state index contributed by atoms with van der Waals surface area (Å²) in [4.78, 5) is 0. The second kappa shape index (κ2) is 5.19. The summed E-state index contributed by atoms with van der Waals surface area (Å²) >= 11 is 0. The zero-order chi connectivity index (χ0) is 13.1. The van der Waals surface area contributed by atoms with Crippen molar-refractivity contribution in [1.29, 1.82) is 5.26 Å². The quantitative estimate of drug-likeness (QED) is 0.883. The summed E-state index contributed by atoms with van der Waals surface area (Å²) < 4.78 is 37.0. The maximum atomic E-state index is 12.3. The van der Waals surface area contributed by atoms with Gasteiger partial charge in [0.25, 0.3) is 0 Å². The first-order valence-electron chi connectivity index (χ1n) is 5.17. The third kappa shape index (κ3) is 3.75. The Hall–Kier alpha value is -1.54. The van der Waals surface area contributed by atoms with Crippen LogP contribution in [-0.2, 0) is 6.18 Å². The van der Waals surface area contributed by atoms with Gasteiger partial charge in [-0.3, -0.25) is 5.32 Å². The number of benzene rings is 1. The number of halogens is 3. The Labute approximate surface area is 98.1 Å². The standard InChI is InChI=1S/C12H13F3N2/c1-8(2)17-11(7-16)9-3-5-10(6-4-9)12(13,14)15/h3-6,8,11,17H,1-2H3. The van der Waals surface area contributed by atoms with Crippen LogP contribution in [0.5, 0.6) is 0 Å². The normalized spacial score (nSPS) is 13.5. The predicted octanol–water partition coefficient (Wildman–Crippen LogP) is 3.27. The van der Waals surface area contributed by atoms with Crippen LogP contribution in [0.2, 0.25) is 0 Å². The number of nitrogens with zero attached hydrogens (tertiary/aromatic N) is 1. The molecule has 0 aliphatic carbocycles. The molecule has 5 heteroatoms. The second-order valence-corrected chi connectivity index (χ2v) is 4.00. The number of hydrogen-bond donors (Lipinski definition) is 1. The van der Waals surface area contributed by atoms with Crippen molar-refractivity contribution in [2.24, 2.45) is 0 Å². The average Bonchev–Trinajstić information content (AvgIpc) is 2.24. The van der Waals surface area contributed by atoms with E-state index in [0.29, 0.717) is 5.56 Å². The first-order chi connectivity index (χ1) is 7.84. The van der Waals surface area contributed by atoms with Gasteiger partial charge >= 0.3 is 6.18 Å². The molecule has 0 aliphatic heterocycles. The van der Waals surface area contributed by atoms with Gasteiger partial charge in [0.2, 0.25) is 0 Å². The van der Waals surface area contributed by atoms with Gasteiger partial charge in [-0.25, -0.2) is 0 Å². The number of rotatable bonds is 3. The summed E-state index contributed by atoms with van der Waals surface area (Å²) in [6.45, 7) is 3.74. The van der Waals surface area contributed by atoms with Crippen LogP contribution in [0.3, 0.4) is 0 Å². The molecule has 1 N–H and O–H groups in total. The highest BCUT2D eigenvalue weighted by Gasteiger charge is 2.30. The van der Waals surface area contributed by atoms with E-state index in [-0.39, 0.29) is 6.04 Å². The largest absolute Gasteiger partial charge is 0.416 e. The molecule has 0 aromatic heterocycles. The summed E-state index contributed by atoms with van der Waals surface area (Å²) in [5, 5.41) is 11.9. The van der Waals surface area contributed by atoms with Crippen LogP contribution in [0.1, 0.15) is 31.0 Å². The Morgan fingerprint density at radius 2 is 1.71 bits per heavy atom. The van der Waals surface area contributed by atoms with Crippen LogP contribution in [0.15, 0.2) is 24.3 Å². The molecule has 1 aromatic carbocycles. The van der Waals surface area contributed by atoms with E-state index in [4.69, 9.17) is 5.26 Å². The number of alkyl halides is 3. The highest BCUT2D eigenvalue weighted by Crippen LogP contribution is 2.29. The van der Waals surface area contributed by atoms with Gasteiger partial charge in [0, 0.05) is 6.04 Å². The average molecular weight is 242 g/mol. The third-order valence-corrected chi connectivity index (χ3v) is 2.20. The Morgan fingerprint density at radius 3 is 2.06 bits per heavy atom. The fourth-order valence-corrected chi connectivity index (χ4v) is 1.41. The number of nitriles is 1. The Balaban J connectivity index is 2.90. The fourth-order valence-electron chi connectivity index (χ4n) is 1.41. The SMILES string of the molecule is CC(C)NC(C#N)c1ccc(C(F)(F)F)cc1. The summed E-state index contributed by atoms with van der Waals surface area (Å²) in [5.41, 5.74) is -0.170. The molecule has 0 amide bonds. The molecule has 0 saturated carbocycles. The van der Waals surface area contributed by atoms with Gasteiger partial charge in [0.1, 0.15) is 6.04 Å². The molecule has 1 aromatic rings. The van der Waals surface area contributed by atoms with Gasteiger partial charge in [-0.15, -0.1) is 0 Å². The molecule has 17 heavy (non-hydrogen) atoms. The molecule has 0 radical (unpaired) electrons. The molecule has 0 saturated heterocycles. The molecule has 1 rings (SSSR count). The van der Waals surface area contributed by atoms with Gasteiger partial charge in [-0.1, -0.05) is 12.1 Å². The first-order valence-corrected chi connectivity index (χ1v) is 5.17. The summed E-state index contributed by atoms with van der Waals surface area (Å²) in [6, 6.07) is 6.14. The molecule has 0 bridgehead atoms. The van der Waals surface area contributed by atoms with Crippen molar-refractivity contribution in [3.05, 3.63) is 35.4 Å². The third-order valence-electron chi connectivity index (χ3n) is 2.20. The van der Waals surface area contributed by atoms with Crippen molar-refractivity contribution in [1.82, 2.24) is 5.32 Å². The molecular weight excluding hydrogens is 229 g/mol. The lowest BCUT2D eigenvalue weighted by atomic mass is 10.0. The fraction of sp³-hybridized carbons (Fsp3) is 0.417.